The highest BCUT2D eigenvalue weighted by Gasteiger charge is 2.11. The van der Waals surface area contributed by atoms with Crippen molar-refractivity contribution in [3.8, 4) is 0 Å². The number of nitrogens with zero attached hydrogens (tertiary/aromatic N) is 1. The lowest BCUT2D eigenvalue weighted by Gasteiger charge is -1.99. The van der Waals surface area contributed by atoms with E-state index >= 15 is 0 Å². The first-order chi connectivity index (χ1) is 6.68. The predicted octanol–water partition coefficient (Wildman–Crippen LogP) is 1.33. The van der Waals surface area contributed by atoms with Crippen molar-refractivity contribution in [2.45, 2.75) is 6.42 Å². The van der Waals surface area contributed by atoms with Gasteiger partial charge in [-0.2, -0.15) is 0 Å². The summed E-state index contributed by atoms with van der Waals surface area (Å²) in [7, 11) is 0. The van der Waals surface area contributed by atoms with Crippen molar-refractivity contribution in [3.63, 3.8) is 0 Å². The number of H-pyrrole nitrogens is 1. The molecule has 0 amide bonds. The maximum atomic E-state index is 13.5. The number of aromatic amines is 1. The Kier molecular flexibility index (Phi) is 1.92. The Labute approximate surface area is 78.4 Å². The molecular formula is C9H7FN2O2. The number of halogens is 1. The SMILES string of the molecule is O=C(O)Cc1ccc2[nH]cnc2c1F. The normalized spacial score (nSPS) is 10.6. The van der Waals surface area contributed by atoms with E-state index in [1.54, 1.807) is 6.07 Å². The zero-order chi connectivity index (χ0) is 10.1. The Balaban J connectivity index is 2.56. The van der Waals surface area contributed by atoms with Crippen molar-refractivity contribution < 1.29 is 14.3 Å². The number of aliphatic carboxylic acids is 1. The van der Waals surface area contributed by atoms with Gasteiger partial charge in [-0.15, -0.1) is 0 Å². The lowest BCUT2D eigenvalue weighted by Crippen LogP contribution is -2.02. The number of carboxylic acids is 1. The van der Waals surface area contributed by atoms with Gasteiger partial charge in [-0.1, -0.05) is 6.07 Å². The van der Waals surface area contributed by atoms with Gasteiger partial charge in [0.05, 0.1) is 18.3 Å². The second-order valence-electron chi connectivity index (χ2n) is 2.91. The average Bonchev–Trinajstić information content (AvgIpc) is 2.57. The quantitative estimate of drug-likeness (QED) is 0.757. The zero-order valence-corrected chi connectivity index (χ0v) is 7.12. The summed E-state index contributed by atoms with van der Waals surface area (Å²) in [6.07, 6.45) is 1.05. The van der Waals surface area contributed by atoms with Gasteiger partial charge >= 0.3 is 5.97 Å². The summed E-state index contributed by atoms with van der Waals surface area (Å²) < 4.78 is 13.5. The van der Waals surface area contributed by atoms with Crippen molar-refractivity contribution in [1.29, 1.82) is 0 Å². The molecule has 2 rings (SSSR count). The summed E-state index contributed by atoms with van der Waals surface area (Å²) in [5, 5.41) is 8.52. The highest BCUT2D eigenvalue weighted by Crippen LogP contribution is 2.17. The first-order valence-corrected chi connectivity index (χ1v) is 4.00. The highest BCUT2D eigenvalue weighted by molar-refractivity contribution is 5.78. The van der Waals surface area contributed by atoms with Crippen LogP contribution >= 0.6 is 0 Å². The minimum absolute atomic E-state index is 0.150. The molecule has 1 aromatic carbocycles. The summed E-state index contributed by atoms with van der Waals surface area (Å²) in [6, 6.07) is 3.06. The van der Waals surface area contributed by atoms with Crippen LogP contribution in [0.15, 0.2) is 18.5 Å². The van der Waals surface area contributed by atoms with Crippen molar-refractivity contribution in [1.82, 2.24) is 9.97 Å². The van der Waals surface area contributed by atoms with Crippen LogP contribution in [0.1, 0.15) is 5.56 Å². The van der Waals surface area contributed by atoms with Gasteiger partial charge in [-0.25, -0.2) is 9.37 Å². The van der Waals surface area contributed by atoms with Crippen molar-refractivity contribution in [2.75, 3.05) is 0 Å². The molecule has 0 radical (unpaired) electrons. The third kappa shape index (κ3) is 1.32. The summed E-state index contributed by atoms with van der Waals surface area (Å²) in [5.41, 5.74) is 0.900. The van der Waals surface area contributed by atoms with Crippen LogP contribution in [-0.2, 0) is 11.2 Å². The molecule has 0 aliphatic rings. The van der Waals surface area contributed by atoms with Gasteiger partial charge in [0.2, 0.25) is 0 Å². The molecule has 0 aliphatic heterocycles. The molecule has 0 aliphatic carbocycles. The molecule has 72 valence electrons. The molecule has 0 saturated carbocycles. The molecule has 0 unspecified atom stereocenters. The Morgan fingerprint density at radius 2 is 2.36 bits per heavy atom. The number of benzene rings is 1. The Morgan fingerprint density at radius 1 is 1.57 bits per heavy atom. The molecule has 0 bridgehead atoms. The molecule has 1 aromatic heterocycles. The molecule has 0 atom stereocenters. The van der Waals surface area contributed by atoms with Gasteiger partial charge in [0, 0.05) is 5.56 Å². The number of carbonyl (C=O) groups is 1. The number of carboxylic acid groups (broad SMARTS) is 1. The number of imidazole rings is 1. The van der Waals surface area contributed by atoms with Gasteiger partial charge in [0.25, 0.3) is 0 Å². The minimum Gasteiger partial charge on any atom is -0.481 e. The van der Waals surface area contributed by atoms with E-state index in [1.807, 2.05) is 0 Å². The van der Waals surface area contributed by atoms with Crippen LogP contribution in [0.3, 0.4) is 0 Å². The lowest BCUT2D eigenvalue weighted by molar-refractivity contribution is -0.136. The van der Waals surface area contributed by atoms with Gasteiger partial charge < -0.3 is 10.1 Å². The van der Waals surface area contributed by atoms with E-state index in [9.17, 15) is 9.18 Å². The number of hydrogen-bond acceptors (Lipinski definition) is 2. The van der Waals surface area contributed by atoms with Crippen LogP contribution in [0.4, 0.5) is 4.39 Å². The first kappa shape index (κ1) is 8.68. The van der Waals surface area contributed by atoms with E-state index in [1.165, 1.54) is 12.4 Å². The first-order valence-electron chi connectivity index (χ1n) is 4.00. The number of aromatic nitrogens is 2. The molecule has 2 aromatic rings. The largest absolute Gasteiger partial charge is 0.481 e. The van der Waals surface area contributed by atoms with Crippen molar-refractivity contribution >= 4 is 17.0 Å². The molecule has 1 heterocycles. The van der Waals surface area contributed by atoms with E-state index < -0.39 is 11.8 Å². The van der Waals surface area contributed by atoms with Crippen LogP contribution in [0.5, 0.6) is 0 Å². The van der Waals surface area contributed by atoms with Crippen molar-refractivity contribution in [3.05, 3.63) is 29.8 Å². The van der Waals surface area contributed by atoms with E-state index in [-0.39, 0.29) is 17.5 Å². The molecule has 2 N–H and O–H groups in total. The topological polar surface area (TPSA) is 66.0 Å². The molecule has 14 heavy (non-hydrogen) atoms. The van der Waals surface area contributed by atoms with E-state index in [2.05, 4.69) is 9.97 Å². The lowest BCUT2D eigenvalue weighted by atomic mass is 10.1. The fourth-order valence-electron chi connectivity index (χ4n) is 1.31. The smallest absolute Gasteiger partial charge is 0.307 e. The Hall–Kier alpha value is -1.91. The van der Waals surface area contributed by atoms with E-state index in [4.69, 9.17) is 5.11 Å². The molecule has 0 fully saturated rings. The van der Waals surface area contributed by atoms with Gasteiger partial charge in [-0.05, 0) is 6.07 Å². The summed E-state index contributed by atoms with van der Waals surface area (Å²) in [5.74, 6) is -1.62. The maximum absolute atomic E-state index is 13.5. The number of hydrogen-bond donors (Lipinski definition) is 2. The third-order valence-electron chi connectivity index (χ3n) is 1.95. The molecule has 0 spiro atoms. The summed E-state index contributed by atoms with van der Waals surface area (Å²) >= 11 is 0. The third-order valence-corrected chi connectivity index (χ3v) is 1.95. The number of fused-ring (bicyclic) bond motifs is 1. The molecule has 4 nitrogen and oxygen atoms in total. The second-order valence-corrected chi connectivity index (χ2v) is 2.91. The molecule has 0 saturated heterocycles. The van der Waals surface area contributed by atoms with Crippen LogP contribution in [0.25, 0.3) is 11.0 Å². The van der Waals surface area contributed by atoms with E-state index in [0.29, 0.717) is 5.52 Å². The highest BCUT2D eigenvalue weighted by atomic mass is 19.1. The molecule has 5 heteroatoms. The van der Waals surface area contributed by atoms with Crippen molar-refractivity contribution in [2.24, 2.45) is 0 Å². The van der Waals surface area contributed by atoms with E-state index in [0.717, 1.165) is 0 Å². The summed E-state index contributed by atoms with van der Waals surface area (Å²) in [4.78, 5) is 16.9. The zero-order valence-electron chi connectivity index (χ0n) is 7.12. The Bertz CT molecular complexity index is 493. The Morgan fingerprint density at radius 3 is 3.07 bits per heavy atom. The van der Waals surface area contributed by atoms with Crippen LogP contribution < -0.4 is 0 Å². The van der Waals surface area contributed by atoms with Crippen LogP contribution in [0, 0.1) is 5.82 Å². The van der Waals surface area contributed by atoms with Gasteiger partial charge in [0.1, 0.15) is 5.52 Å². The van der Waals surface area contributed by atoms with Crippen LogP contribution in [-0.4, -0.2) is 21.0 Å². The standard InChI is InChI=1S/C9H7FN2O2/c10-8-5(3-7(13)14)1-2-6-9(8)12-4-11-6/h1-2,4H,3H2,(H,11,12)(H,13,14). The predicted molar refractivity (Wildman–Crippen MR) is 47.4 cm³/mol. The minimum atomic E-state index is -1.06. The fraction of sp³-hybridized carbons (Fsp3) is 0.111. The fourth-order valence-corrected chi connectivity index (χ4v) is 1.31. The summed E-state index contributed by atoms with van der Waals surface area (Å²) in [6.45, 7) is 0. The number of nitrogens with one attached hydrogen (secondary N) is 1. The van der Waals surface area contributed by atoms with Gasteiger partial charge in [-0.3, -0.25) is 4.79 Å². The monoisotopic (exact) mass is 194 g/mol. The molecular weight excluding hydrogens is 187 g/mol. The van der Waals surface area contributed by atoms with Crippen LogP contribution in [0.2, 0.25) is 0 Å². The maximum Gasteiger partial charge on any atom is 0.307 e. The number of rotatable bonds is 2. The second kappa shape index (κ2) is 3.10. The van der Waals surface area contributed by atoms with Gasteiger partial charge in [0.15, 0.2) is 5.82 Å². The average molecular weight is 194 g/mol.